The van der Waals surface area contributed by atoms with E-state index in [1.807, 2.05) is 0 Å². The van der Waals surface area contributed by atoms with Crippen LogP contribution in [0.5, 0.6) is 5.75 Å². The molecule has 0 aromatic heterocycles. The van der Waals surface area contributed by atoms with Crippen LogP contribution in [0.1, 0.15) is 18.4 Å². The Morgan fingerprint density at radius 1 is 1.40 bits per heavy atom. The van der Waals surface area contributed by atoms with Crippen LogP contribution in [-0.4, -0.2) is 25.2 Å². The van der Waals surface area contributed by atoms with Gasteiger partial charge in [0.05, 0.1) is 6.42 Å². The molecule has 4 nitrogen and oxygen atoms in total. The standard InChI is InChI=1S/C13H15F3N2O2/c14-13(15,16)4-3-12(19)18-10-1-2-11-9(7-10)8-17-5-6-20-11/h1-2,7,17H,3-6,8H2,(H,18,19). The van der Waals surface area contributed by atoms with Crippen LogP contribution in [0.4, 0.5) is 18.9 Å². The Balaban J connectivity index is 1.96. The molecule has 0 spiro atoms. The van der Waals surface area contributed by atoms with Crippen LogP contribution < -0.4 is 15.4 Å². The first-order valence-corrected chi connectivity index (χ1v) is 6.27. The van der Waals surface area contributed by atoms with Gasteiger partial charge in [0.1, 0.15) is 12.4 Å². The molecule has 0 fully saturated rings. The molecule has 2 rings (SSSR count). The molecular formula is C13H15F3N2O2. The summed E-state index contributed by atoms with van der Waals surface area (Å²) in [5.41, 5.74) is 1.35. The minimum Gasteiger partial charge on any atom is -0.492 e. The van der Waals surface area contributed by atoms with E-state index in [1.54, 1.807) is 18.2 Å². The number of fused-ring (bicyclic) bond motifs is 1. The van der Waals surface area contributed by atoms with Gasteiger partial charge in [0.15, 0.2) is 0 Å². The molecule has 7 heteroatoms. The molecule has 1 aromatic rings. The molecule has 20 heavy (non-hydrogen) atoms. The number of amides is 1. The number of rotatable bonds is 3. The number of alkyl halides is 3. The Morgan fingerprint density at radius 2 is 2.20 bits per heavy atom. The molecule has 1 aliphatic heterocycles. The second-order valence-corrected chi connectivity index (χ2v) is 4.51. The fraction of sp³-hybridized carbons (Fsp3) is 0.462. The zero-order valence-corrected chi connectivity index (χ0v) is 10.7. The first-order chi connectivity index (χ1) is 9.44. The molecule has 0 aliphatic carbocycles. The second kappa shape index (κ2) is 6.13. The first-order valence-electron chi connectivity index (χ1n) is 6.27. The SMILES string of the molecule is O=C(CCC(F)(F)F)Nc1ccc2c(c1)CNCCO2. The third kappa shape index (κ3) is 4.41. The number of carbonyl (C=O) groups is 1. The van der Waals surface area contributed by atoms with E-state index in [4.69, 9.17) is 4.74 Å². The van der Waals surface area contributed by atoms with Crippen molar-refractivity contribution in [2.75, 3.05) is 18.5 Å². The van der Waals surface area contributed by atoms with Crippen LogP contribution in [0.15, 0.2) is 18.2 Å². The fourth-order valence-corrected chi connectivity index (χ4v) is 1.87. The summed E-state index contributed by atoms with van der Waals surface area (Å²) in [6.07, 6.45) is -6.01. The topological polar surface area (TPSA) is 50.4 Å². The number of carbonyl (C=O) groups excluding carboxylic acids is 1. The number of hydrogen-bond donors (Lipinski definition) is 2. The zero-order chi connectivity index (χ0) is 14.6. The largest absolute Gasteiger partial charge is 0.492 e. The van der Waals surface area contributed by atoms with Crippen LogP contribution in [0.2, 0.25) is 0 Å². The number of benzene rings is 1. The summed E-state index contributed by atoms with van der Waals surface area (Å²) in [7, 11) is 0. The molecule has 0 atom stereocenters. The van der Waals surface area contributed by atoms with Crippen molar-refractivity contribution in [1.82, 2.24) is 5.32 Å². The zero-order valence-electron chi connectivity index (χ0n) is 10.7. The van der Waals surface area contributed by atoms with E-state index in [2.05, 4.69) is 10.6 Å². The molecule has 1 amide bonds. The lowest BCUT2D eigenvalue weighted by atomic mass is 10.1. The van der Waals surface area contributed by atoms with Gasteiger partial charge in [-0.15, -0.1) is 0 Å². The lowest BCUT2D eigenvalue weighted by molar-refractivity contribution is -0.142. The molecule has 0 radical (unpaired) electrons. The molecular weight excluding hydrogens is 273 g/mol. The Labute approximate surface area is 114 Å². The average molecular weight is 288 g/mol. The van der Waals surface area contributed by atoms with Gasteiger partial charge < -0.3 is 15.4 Å². The molecule has 1 aliphatic rings. The Kier molecular flexibility index (Phi) is 4.49. The van der Waals surface area contributed by atoms with Crippen molar-refractivity contribution in [1.29, 1.82) is 0 Å². The Morgan fingerprint density at radius 3 is 2.95 bits per heavy atom. The van der Waals surface area contributed by atoms with Crippen LogP contribution in [0.25, 0.3) is 0 Å². The van der Waals surface area contributed by atoms with E-state index in [-0.39, 0.29) is 0 Å². The maximum Gasteiger partial charge on any atom is 0.389 e. The smallest absolute Gasteiger partial charge is 0.389 e. The van der Waals surface area contributed by atoms with Crippen LogP contribution in [0.3, 0.4) is 0 Å². The number of anilines is 1. The summed E-state index contributed by atoms with van der Waals surface area (Å²) in [6, 6.07) is 5.04. The minimum atomic E-state index is -4.32. The molecule has 0 unspecified atom stereocenters. The van der Waals surface area contributed by atoms with Gasteiger partial charge in [0.2, 0.25) is 5.91 Å². The summed E-state index contributed by atoms with van der Waals surface area (Å²) < 4.78 is 41.5. The van der Waals surface area contributed by atoms with Gasteiger partial charge in [0.25, 0.3) is 0 Å². The Hall–Kier alpha value is -1.76. The molecule has 0 saturated heterocycles. The van der Waals surface area contributed by atoms with Gasteiger partial charge in [0, 0.05) is 30.8 Å². The van der Waals surface area contributed by atoms with E-state index < -0.39 is 24.9 Å². The van der Waals surface area contributed by atoms with Crippen molar-refractivity contribution in [2.45, 2.75) is 25.6 Å². The van der Waals surface area contributed by atoms with E-state index in [0.717, 1.165) is 17.9 Å². The quantitative estimate of drug-likeness (QED) is 0.898. The maximum absolute atomic E-state index is 12.0. The highest BCUT2D eigenvalue weighted by atomic mass is 19.4. The third-order valence-corrected chi connectivity index (χ3v) is 2.83. The van der Waals surface area contributed by atoms with E-state index >= 15 is 0 Å². The molecule has 2 N–H and O–H groups in total. The normalized spacial score (nSPS) is 14.9. The summed E-state index contributed by atoms with van der Waals surface area (Å²) in [5.74, 6) is 0.0769. The van der Waals surface area contributed by atoms with Crippen molar-refractivity contribution in [2.24, 2.45) is 0 Å². The Bertz CT molecular complexity index is 489. The van der Waals surface area contributed by atoms with Gasteiger partial charge >= 0.3 is 6.18 Å². The number of halogens is 3. The van der Waals surface area contributed by atoms with E-state index in [9.17, 15) is 18.0 Å². The highest BCUT2D eigenvalue weighted by Gasteiger charge is 2.27. The highest BCUT2D eigenvalue weighted by molar-refractivity contribution is 5.90. The van der Waals surface area contributed by atoms with Crippen molar-refractivity contribution < 1.29 is 22.7 Å². The monoisotopic (exact) mass is 288 g/mol. The summed E-state index contributed by atoms with van der Waals surface area (Å²) in [6.45, 7) is 1.88. The van der Waals surface area contributed by atoms with Crippen LogP contribution >= 0.6 is 0 Å². The summed E-state index contributed by atoms with van der Waals surface area (Å²) >= 11 is 0. The van der Waals surface area contributed by atoms with Crippen LogP contribution in [-0.2, 0) is 11.3 Å². The maximum atomic E-state index is 12.0. The highest BCUT2D eigenvalue weighted by Crippen LogP contribution is 2.25. The molecule has 0 saturated carbocycles. The van der Waals surface area contributed by atoms with Crippen molar-refractivity contribution in [3.63, 3.8) is 0 Å². The third-order valence-electron chi connectivity index (χ3n) is 2.83. The van der Waals surface area contributed by atoms with Gasteiger partial charge in [-0.3, -0.25) is 4.79 Å². The number of nitrogens with one attached hydrogen (secondary N) is 2. The average Bonchev–Trinajstić information content (AvgIpc) is 2.60. The van der Waals surface area contributed by atoms with E-state index in [0.29, 0.717) is 18.8 Å². The predicted octanol–water partition coefficient (Wildman–Crippen LogP) is 2.45. The predicted molar refractivity (Wildman–Crippen MR) is 67.6 cm³/mol. The summed E-state index contributed by atoms with van der Waals surface area (Å²) in [5, 5.41) is 5.61. The molecule has 1 heterocycles. The minimum absolute atomic E-state index is 0.475. The van der Waals surface area contributed by atoms with Gasteiger partial charge in [-0.2, -0.15) is 13.2 Å². The lowest BCUT2D eigenvalue weighted by Crippen LogP contribution is -2.17. The molecule has 1 aromatic carbocycles. The number of ether oxygens (including phenoxy) is 1. The van der Waals surface area contributed by atoms with Crippen molar-refractivity contribution in [3.05, 3.63) is 23.8 Å². The summed E-state index contributed by atoms with van der Waals surface area (Å²) in [4.78, 5) is 11.4. The lowest BCUT2D eigenvalue weighted by Gasteiger charge is -2.11. The molecule has 0 bridgehead atoms. The van der Waals surface area contributed by atoms with Gasteiger partial charge in [-0.1, -0.05) is 0 Å². The van der Waals surface area contributed by atoms with Crippen LogP contribution in [0, 0.1) is 0 Å². The van der Waals surface area contributed by atoms with Gasteiger partial charge in [-0.25, -0.2) is 0 Å². The fourth-order valence-electron chi connectivity index (χ4n) is 1.87. The molecule has 110 valence electrons. The second-order valence-electron chi connectivity index (χ2n) is 4.51. The van der Waals surface area contributed by atoms with Crippen molar-refractivity contribution in [3.8, 4) is 5.75 Å². The van der Waals surface area contributed by atoms with Gasteiger partial charge in [-0.05, 0) is 18.2 Å². The van der Waals surface area contributed by atoms with Crippen molar-refractivity contribution >= 4 is 11.6 Å². The first kappa shape index (κ1) is 14.6. The number of hydrogen-bond acceptors (Lipinski definition) is 3. The van der Waals surface area contributed by atoms with E-state index in [1.165, 1.54) is 0 Å².